The lowest BCUT2D eigenvalue weighted by Crippen LogP contribution is -2.41. The van der Waals surface area contributed by atoms with E-state index in [1.54, 1.807) is 6.07 Å². The van der Waals surface area contributed by atoms with Crippen molar-refractivity contribution in [3.05, 3.63) is 54.0 Å². The molecule has 0 spiro atoms. The van der Waals surface area contributed by atoms with Crippen LogP contribution in [0.2, 0.25) is 0 Å². The van der Waals surface area contributed by atoms with Crippen molar-refractivity contribution in [2.45, 2.75) is 19.0 Å². The summed E-state index contributed by atoms with van der Waals surface area (Å²) in [5, 5.41) is 7.57. The fourth-order valence-electron chi connectivity index (χ4n) is 2.27. The van der Waals surface area contributed by atoms with Crippen LogP contribution in [0.3, 0.4) is 0 Å². The van der Waals surface area contributed by atoms with E-state index in [4.69, 9.17) is 10.3 Å². The van der Waals surface area contributed by atoms with E-state index in [-0.39, 0.29) is 5.91 Å². The topological polar surface area (TPSA) is 96.9 Å². The number of benzene rings is 1. The summed E-state index contributed by atoms with van der Waals surface area (Å²) < 4.78 is 4.70. The molecule has 0 radical (unpaired) electrons. The van der Waals surface area contributed by atoms with Crippen molar-refractivity contribution in [1.29, 1.82) is 0 Å². The molecule has 6 nitrogen and oxygen atoms in total. The molecule has 0 aliphatic rings. The SMILES string of the molecule is N[C@H](Cc1c[nH]c2ccccc12)C(=O)NCc1ccon1. The molecular formula is C15H16N4O2. The predicted molar refractivity (Wildman–Crippen MR) is 78.3 cm³/mol. The monoisotopic (exact) mass is 284 g/mol. The zero-order valence-corrected chi connectivity index (χ0v) is 11.4. The fourth-order valence-corrected chi connectivity index (χ4v) is 2.27. The summed E-state index contributed by atoms with van der Waals surface area (Å²) in [6, 6.07) is 9.04. The van der Waals surface area contributed by atoms with E-state index in [1.807, 2.05) is 30.5 Å². The van der Waals surface area contributed by atoms with Crippen LogP contribution >= 0.6 is 0 Å². The number of aromatic nitrogens is 2. The van der Waals surface area contributed by atoms with Crippen molar-refractivity contribution in [3.8, 4) is 0 Å². The normalized spacial score (nSPS) is 12.4. The largest absolute Gasteiger partial charge is 0.364 e. The number of hydrogen-bond acceptors (Lipinski definition) is 4. The van der Waals surface area contributed by atoms with Crippen molar-refractivity contribution < 1.29 is 9.32 Å². The number of H-pyrrole nitrogens is 1. The number of nitrogens with one attached hydrogen (secondary N) is 2. The van der Waals surface area contributed by atoms with Crippen molar-refractivity contribution >= 4 is 16.8 Å². The molecule has 0 bridgehead atoms. The minimum atomic E-state index is -0.601. The molecule has 21 heavy (non-hydrogen) atoms. The number of rotatable bonds is 5. The van der Waals surface area contributed by atoms with Gasteiger partial charge in [0.25, 0.3) is 0 Å². The third kappa shape index (κ3) is 2.95. The first-order chi connectivity index (χ1) is 10.2. The van der Waals surface area contributed by atoms with Gasteiger partial charge in [-0.25, -0.2) is 0 Å². The van der Waals surface area contributed by atoms with Crippen LogP contribution in [0, 0.1) is 0 Å². The molecule has 3 rings (SSSR count). The second-order valence-electron chi connectivity index (χ2n) is 4.88. The van der Waals surface area contributed by atoms with Gasteiger partial charge in [0.05, 0.1) is 12.6 Å². The third-order valence-electron chi connectivity index (χ3n) is 3.39. The Kier molecular flexibility index (Phi) is 3.70. The Bertz CT molecular complexity index is 733. The van der Waals surface area contributed by atoms with E-state index >= 15 is 0 Å². The van der Waals surface area contributed by atoms with Gasteiger partial charge in [0, 0.05) is 23.2 Å². The highest BCUT2D eigenvalue weighted by molar-refractivity contribution is 5.86. The number of nitrogens with zero attached hydrogens (tertiary/aromatic N) is 1. The van der Waals surface area contributed by atoms with E-state index in [0.717, 1.165) is 16.5 Å². The van der Waals surface area contributed by atoms with Crippen molar-refractivity contribution in [2.24, 2.45) is 5.73 Å². The van der Waals surface area contributed by atoms with Crippen LogP contribution in [-0.2, 0) is 17.8 Å². The van der Waals surface area contributed by atoms with E-state index in [0.29, 0.717) is 18.7 Å². The number of carbonyl (C=O) groups is 1. The Balaban J connectivity index is 1.62. The highest BCUT2D eigenvalue weighted by Crippen LogP contribution is 2.18. The maximum absolute atomic E-state index is 12.0. The first-order valence-electron chi connectivity index (χ1n) is 6.71. The average molecular weight is 284 g/mol. The number of amides is 1. The zero-order valence-electron chi connectivity index (χ0n) is 11.4. The quantitative estimate of drug-likeness (QED) is 0.658. The standard InChI is InChI=1S/C15H16N4O2/c16-13(15(20)18-9-11-5-6-21-19-11)7-10-8-17-14-4-2-1-3-12(10)14/h1-6,8,13,17H,7,9,16H2,(H,18,20)/t13-/m1/s1. The maximum Gasteiger partial charge on any atom is 0.237 e. The maximum atomic E-state index is 12.0. The molecule has 0 saturated heterocycles. The van der Waals surface area contributed by atoms with E-state index in [2.05, 4.69) is 15.5 Å². The molecule has 1 amide bonds. The molecular weight excluding hydrogens is 268 g/mol. The van der Waals surface area contributed by atoms with Gasteiger partial charge in [0.2, 0.25) is 5.91 Å². The minimum Gasteiger partial charge on any atom is -0.364 e. The summed E-state index contributed by atoms with van der Waals surface area (Å²) in [5.41, 5.74) is 8.72. The molecule has 2 heterocycles. The van der Waals surface area contributed by atoms with Gasteiger partial charge in [-0.3, -0.25) is 4.79 Å². The molecule has 1 aromatic carbocycles. The Morgan fingerprint density at radius 1 is 1.38 bits per heavy atom. The van der Waals surface area contributed by atoms with Gasteiger partial charge >= 0.3 is 0 Å². The molecule has 0 saturated carbocycles. The van der Waals surface area contributed by atoms with E-state index in [1.165, 1.54) is 6.26 Å². The zero-order chi connectivity index (χ0) is 14.7. The Morgan fingerprint density at radius 2 is 2.24 bits per heavy atom. The summed E-state index contributed by atoms with van der Waals surface area (Å²) in [5.74, 6) is -0.205. The molecule has 1 atom stereocenters. The number of hydrogen-bond donors (Lipinski definition) is 3. The van der Waals surface area contributed by atoms with Gasteiger partial charge in [-0.15, -0.1) is 0 Å². The first-order valence-corrected chi connectivity index (χ1v) is 6.71. The summed E-state index contributed by atoms with van der Waals surface area (Å²) >= 11 is 0. The highest BCUT2D eigenvalue weighted by Gasteiger charge is 2.16. The molecule has 108 valence electrons. The lowest BCUT2D eigenvalue weighted by molar-refractivity contribution is -0.122. The number of aromatic amines is 1. The molecule has 4 N–H and O–H groups in total. The fraction of sp³-hybridized carbons (Fsp3) is 0.200. The van der Waals surface area contributed by atoms with Crippen molar-refractivity contribution in [2.75, 3.05) is 0 Å². The van der Waals surface area contributed by atoms with Crippen molar-refractivity contribution in [1.82, 2.24) is 15.5 Å². The average Bonchev–Trinajstić information content (AvgIpc) is 3.15. The Labute approximate surface area is 121 Å². The molecule has 0 aliphatic carbocycles. The number of nitrogens with two attached hydrogens (primary N) is 1. The van der Waals surface area contributed by atoms with Gasteiger partial charge in [-0.1, -0.05) is 23.4 Å². The van der Waals surface area contributed by atoms with Crippen LogP contribution in [0.1, 0.15) is 11.3 Å². The Hall–Kier alpha value is -2.60. The Morgan fingerprint density at radius 3 is 3.05 bits per heavy atom. The van der Waals surface area contributed by atoms with Crippen molar-refractivity contribution in [3.63, 3.8) is 0 Å². The van der Waals surface area contributed by atoms with Crippen LogP contribution in [0.5, 0.6) is 0 Å². The van der Waals surface area contributed by atoms with Crippen LogP contribution in [0.15, 0.2) is 47.3 Å². The van der Waals surface area contributed by atoms with Crippen LogP contribution < -0.4 is 11.1 Å². The second-order valence-corrected chi connectivity index (χ2v) is 4.88. The van der Waals surface area contributed by atoms with Gasteiger partial charge in [0.15, 0.2) is 0 Å². The van der Waals surface area contributed by atoms with Gasteiger partial charge in [-0.05, 0) is 18.1 Å². The number of carbonyl (C=O) groups excluding carboxylic acids is 1. The van der Waals surface area contributed by atoms with Gasteiger partial charge in [0.1, 0.15) is 12.0 Å². The first kappa shape index (κ1) is 13.4. The molecule has 0 unspecified atom stereocenters. The van der Waals surface area contributed by atoms with E-state index in [9.17, 15) is 4.79 Å². The minimum absolute atomic E-state index is 0.205. The lowest BCUT2D eigenvalue weighted by atomic mass is 10.1. The predicted octanol–water partition coefficient (Wildman–Crippen LogP) is 1.34. The second kappa shape index (κ2) is 5.80. The van der Waals surface area contributed by atoms with Crippen LogP contribution in [0.4, 0.5) is 0 Å². The lowest BCUT2D eigenvalue weighted by Gasteiger charge is -2.11. The highest BCUT2D eigenvalue weighted by atomic mass is 16.5. The smallest absolute Gasteiger partial charge is 0.237 e. The van der Waals surface area contributed by atoms with Crippen LogP contribution in [-0.4, -0.2) is 22.1 Å². The van der Waals surface area contributed by atoms with Crippen LogP contribution in [0.25, 0.3) is 10.9 Å². The molecule has 0 aliphatic heterocycles. The number of para-hydroxylation sites is 1. The molecule has 0 fully saturated rings. The number of fused-ring (bicyclic) bond motifs is 1. The molecule has 6 heteroatoms. The molecule has 2 aromatic heterocycles. The molecule has 3 aromatic rings. The summed E-state index contributed by atoms with van der Waals surface area (Å²) in [4.78, 5) is 15.2. The summed E-state index contributed by atoms with van der Waals surface area (Å²) in [6.07, 6.45) is 3.84. The third-order valence-corrected chi connectivity index (χ3v) is 3.39. The van der Waals surface area contributed by atoms with Gasteiger partial charge in [-0.2, -0.15) is 0 Å². The van der Waals surface area contributed by atoms with E-state index < -0.39 is 6.04 Å². The summed E-state index contributed by atoms with van der Waals surface area (Å²) in [6.45, 7) is 0.316. The van der Waals surface area contributed by atoms with Gasteiger partial charge < -0.3 is 20.6 Å². The summed E-state index contributed by atoms with van der Waals surface area (Å²) in [7, 11) is 0.